The predicted octanol–water partition coefficient (Wildman–Crippen LogP) is 6.12. The van der Waals surface area contributed by atoms with Crippen LogP contribution >= 0.6 is 0 Å². The number of ether oxygens (including phenoxy) is 3. The zero-order chi connectivity index (χ0) is 33.9. The molecular formula is C36H39F3N6O4. The van der Waals surface area contributed by atoms with Crippen molar-refractivity contribution in [3.8, 4) is 23.1 Å². The lowest BCUT2D eigenvalue weighted by Gasteiger charge is -2.41. The smallest absolute Gasteiger partial charge is 0.407 e. The van der Waals surface area contributed by atoms with Crippen LogP contribution in [0.3, 0.4) is 0 Å². The number of hydrogen-bond donors (Lipinski definition) is 1. The van der Waals surface area contributed by atoms with E-state index in [2.05, 4.69) is 15.2 Å². The first-order valence-corrected chi connectivity index (χ1v) is 17.0. The van der Waals surface area contributed by atoms with E-state index >= 15 is 8.78 Å². The molecule has 0 unspecified atom stereocenters. The zero-order valence-electron chi connectivity index (χ0n) is 27.7. The summed E-state index contributed by atoms with van der Waals surface area (Å²) in [5.41, 5.74) is -0.544. The van der Waals surface area contributed by atoms with E-state index in [0.29, 0.717) is 73.0 Å². The number of aromatic nitrogens is 3. The second-order valence-electron chi connectivity index (χ2n) is 14.1. The number of nitrogens with zero attached hydrogens (tertiary/aromatic N) is 5. The van der Waals surface area contributed by atoms with Gasteiger partial charge in [0.05, 0.1) is 24.8 Å². The highest BCUT2D eigenvalue weighted by molar-refractivity contribution is 6.02. The van der Waals surface area contributed by atoms with Gasteiger partial charge >= 0.3 is 12.1 Å². The number of benzene rings is 2. The fourth-order valence-corrected chi connectivity index (χ4v) is 8.46. The molecule has 1 N–H and O–H groups in total. The van der Waals surface area contributed by atoms with Gasteiger partial charge in [-0.25, -0.2) is 22.9 Å². The van der Waals surface area contributed by atoms with Gasteiger partial charge in [0.2, 0.25) is 5.88 Å². The number of piperidine rings is 1. The van der Waals surface area contributed by atoms with Crippen molar-refractivity contribution in [2.45, 2.75) is 69.1 Å². The molecule has 9 rings (SSSR count). The lowest BCUT2D eigenvalue weighted by atomic mass is 9.91. The summed E-state index contributed by atoms with van der Waals surface area (Å²) in [4.78, 5) is 31.3. The summed E-state index contributed by atoms with van der Waals surface area (Å²) in [6.07, 6.45) is 2.54. The number of halogens is 3. The van der Waals surface area contributed by atoms with Crippen LogP contribution in [0, 0.1) is 11.6 Å². The van der Waals surface area contributed by atoms with Crippen LogP contribution in [-0.2, 0) is 11.2 Å². The van der Waals surface area contributed by atoms with Crippen LogP contribution in [-0.4, -0.2) is 89.7 Å². The highest BCUT2D eigenvalue weighted by Crippen LogP contribution is 2.43. The van der Waals surface area contributed by atoms with Crippen LogP contribution in [0.25, 0.3) is 32.9 Å². The maximum absolute atomic E-state index is 17.2. The summed E-state index contributed by atoms with van der Waals surface area (Å²) in [5, 5.41) is 4.48. The Bertz CT molecular complexity index is 1960. The Kier molecular flexibility index (Phi) is 7.92. The summed E-state index contributed by atoms with van der Waals surface area (Å²) < 4.78 is 65.0. The van der Waals surface area contributed by atoms with Gasteiger partial charge in [-0.3, -0.25) is 4.90 Å². The van der Waals surface area contributed by atoms with E-state index in [1.54, 1.807) is 18.2 Å². The molecule has 0 aliphatic carbocycles. The minimum atomic E-state index is -0.941. The number of carbonyl (C=O) groups excluding carboxylic acids is 1. The third-order valence-electron chi connectivity index (χ3n) is 10.7. The molecule has 49 heavy (non-hydrogen) atoms. The van der Waals surface area contributed by atoms with Gasteiger partial charge in [-0.1, -0.05) is 24.3 Å². The Labute approximate surface area is 281 Å². The van der Waals surface area contributed by atoms with Crippen LogP contribution in [0.1, 0.15) is 51.0 Å². The Morgan fingerprint density at radius 1 is 1.06 bits per heavy atom. The van der Waals surface area contributed by atoms with Crippen molar-refractivity contribution in [3.05, 3.63) is 47.5 Å². The number of anilines is 1. The molecule has 6 bridgehead atoms. The fourth-order valence-electron chi connectivity index (χ4n) is 8.46. The lowest BCUT2D eigenvalue weighted by molar-refractivity contribution is 0.107. The summed E-state index contributed by atoms with van der Waals surface area (Å²) in [7, 11) is 1.45. The number of carbonyl (C=O) groups is 1. The van der Waals surface area contributed by atoms with E-state index in [1.807, 2.05) is 17.9 Å². The molecule has 258 valence electrons. The molecule has 2 aromatic carbocycles. The van der Waals surface area contributed by atoms with E-state index in [-0.39, 0.29) is 48.1 Å². The maximum atomic E-state index is 17.2. The largest absolute Gasteiger partial charge is 0.480 e. The Morgan fingerprint density at radius 3 is 2.78 bits per heavy atom. The monoisotopic (exact) mass is 676 g/mol. The number of amides is 1. The molecule has 1 amide bonds. The number of alkyl halides is 1. The molecule has 5 aliphatic heterocycles. The number of aryl methyl sites for hydroxylation is 1. The van der Waals surface area contributed by atoms with Gasteiger partial charge in [-0.2, -0.15) is 9.97 Å². The molecule has 13 heteroatoms. The maximum Gasteiger partial charge on any atom is 0.407 e. The number of methoxy groups -OCH3 is 1. The third-order valence-corrected chi connectivity index (χ3v) is 10.7. The SMILES string of the molecule is COc1nc2c(F)c3nc(OC[C@@]45CCCN4C[C@H](F)C5)nc(c13)N1CCC[C@](C)(C1)NC(=O)OCCCc1c(F)ccc3cccc-2c13. The Hall–Kier alpha value is -4.39. The van der Waals surface area contributed by atoms with Gasteiger partial charge in [0, 0.05) is 31.6 Å². The van der Waals surface area contributed by atoms with Gasteiger partial charge in [0.25, 0.3) is 0 Å². The number of hydrogen-bond acceptors (Lipinski definition) is 9. The first-order valence-electron chi connectivity index (χ1n) is 17.0. The summed E-state index contributed by atoms with van der Waals surface area (Å²) in [6.45, 7) is 4.21. The van der Waals surface area contributed by atoms with Crippen molar-refractivity contribution >= 4 is 33.6 Å². The van der Waals surface area contributed by atoms with Crippen molar-refractivity contribution in [3.63, 3.8) is 0 Å². The average Bonchev–Trinajstić information content (AvgIpc) is 3.61. The van der Waals surface area contributed by atoms with Crippen molar-refractivity contribution in [1.29, 1.82) is 0 Å². The molecule has 3 saturated heterocycles. The predicted molar refractivity (Wildman–Crippen MR) is 178 cm³/mol. The van der Waals surface area contributed by atoms with Gasteiger partial charge in [0.15, 0.2) is 5.82 Å². The minimum Gasteiger partial charge on any atom is -0.480 e. The highest BCUT2D eigenvalue weighted by Gasteiger charge is 2.49. The Morgan fingerprint density at radius 2 is 1.92 bits per heavy atom. The molecule has 0 spiro atoms. The van der Waals surface area contributed by atoms with Crippen LogP contribution < -0.4 is 19.7 Å². The second kappa shape index (κ2) is 12.2. The lowest BCUT2D eigenvalue weighted by Crippen LogP contribution is -2.57. The van der Waals surface area contributed by atoms with Crippen LogP contribution in [0.5, 0.6) is 11.9 Å². The van der Waals surface area contributed by atoms with Crippen LogP contribution in [0.4, 0.5) is 23.8 Å². The number of fused-ring (bicyclic) bond motifs is 7. The molecule has 2 aromatic heterocycles. The first kappa shape index (κ1) is 31.9. The zero-order valence-corrected chi connectivity index (χ0v) is 27.7. The molecule has 3 fully saturated rings. The van der Waals surface area contributed by atoms with E-state index < -0.39 is 35.0 Å². The summed E-state index contributed by atoms with van der Waals surface area (Å²) in [5.74, 6) is -0.727. The third kappa shape index (κ3) is 5.55. The topological polar surface area (TPSA) is 102 Å². The van der Waals surface area contributed by atoms with Gasteiger partial charge in [-0.15, -0.1) is 0 Å². The van der Waals surface area contributed by atoms with Gasteiger partial charge in [0.1, 0.15) is 41.0 Å². The van der Waals surface area contributed by atoms with Gasteiger partial charge < -0.3 is 24.4 Å². The number of alkyl carbamates (subject to hydrolysis) is 1. The normalized spacial score (nSPS) is 25.8. The minimum absolute atomic E-state index is 0.0464. The Balaban J connectivity index is 1.34. The first-order chi connectivity index (χ1) is 23.7. The summed E-state index contributed by atoms with van der Waals surface area (Å²) >= 11 is 0. The number of rotatable bonds is 4. The fraction of sp³-hybridized carbons (Fsp3) is 0.500. The standard InChI is InChI=1S/C36H39F3N6O4/c1-35-12-5-14-44(19-35)31-27-30(41-33(42-31)49-20-36-13-6-15-45(36)18-22(37)17-36)28(39)29(40-32(27)47-2)24-8-3-7-21-10-11-25(38)23(26(21)24)9-4-16-48-34(46)43-35/h3,7-8,10-11,22H,4-6,9,12-20H2,1-2H3,(H,43,46)/t22-,35-,36+/m1/s1. The van der Waals surface area contributed by atoms with E-state index in [1.165, 1.54) is 13.2 Å². The van der Waals surface area contributed by atoms with E-state index in [0.717, 1.165) is 19.4 Å². The van der Waals surface area contributed by atoms with Crippen LogP contribution in [0.2, 0.25) is 0 Å². The van der Waals surface area contributed by atoms with E-state index in [4.69, 9.17) is 24.2 Å². The molecule has 5 aliphatic rings. The molecule has 3 atom stereocenters. The van der Waals surface area contributed by atoms with Crippen molar-refractivity contribution < 1.29 is 32.2 Å². The molecular weight excluding hydrogens is 637 g/mol. The number of nitrogens with one attached hydrogen (secondary N) is 1. The van der Waals surface area contributed by atoms with Crippen molar-refractivity contribution in [2.24, 2.45) is 0 Å². The average molecular weight is 677 g/mol. The molecule has 7 heterocycles. The quantitative estimate of drug-likeness (QED) is 0.274. The van der Waals surface area contributed by atoms with Crippen molar-refractivity contribution in [1.82, 2.24) is 25.2 Å². The van der Waals surface area contributed by atoms with Crippen molar-refractivity contribution in [2.75, 3.05) is 51.4 Å². The highest BCUT2D eigenvalue weighted by atomic mass is 19.1. The molecule has 10 nitrogen and oxygen atoms in total. The molecule has 0 saturated carbocycles. The van der Waals surface area contributed by atoms with E-state index in [9.17, 15) is 9.18 Å². The van der Waals surface area contributed by atoms with Crippen LogP contribution in [0.15, 0.2) is 30.3 Å². The summed E-state index contributed by atoms with van der Waals surface area (Å²) in [6, 6.07) is 8.30. The van der Waals surface area contributed by atoms with Gasteiger partial charge in [-0.05, 0) is 74.4 Å². The number of pyridine rings is 1. The molecule has 4 aromatic rings. The molecule has 0 radical (unpaired) electrons. The second-order valence-corrected chi connectivity index (χ2v) is 14.1.